The van der Waals surface area contributed by atoms with Crippen molar-refractivity contribution in [3.05, 3.63) is 29.8 Å². The van der Waals surface area contributed by atoms with Crippen molar-refractivity contribution >= 4 is 17.4 Å². The second kappa shape index (κ2) is 5.48. The van der Waals surface area contributed by atoms with Gasteiger partial charge in [0.15, 0.2) is 17.2 Å². The first kappa shape index (κ1) is 15.2. The molecule has 0 radical (unpaired) electrons. The van der Waals surface area contributed by atoms with Gasteiger partial charge in [-0.2, -0.15) is 4.52 Å². The average Bonchev–Trinajstić information content (AvgIpc) is 3.21. The van der Waals surface area contributed by atoms with Gasteiger partial charge in [0, 0.05) is 33.1 Å². The van der Waals surface area contributed by atoms with E-state index in [1.807, 2.05) is 16.6 Å². The lowest BCUT2D eigenvalue weighted by atomic mass is 10.1. The van der Waals surface area contributed by atoms with Gasteiger partial charge in [-0.25, -0.2) is 0 Å². The van der Waals surface area contributed by atoms with Crippen LogP contribution in [0.4, 0.5) is 5.82 Å². The van der Waals surface area contributed by atoms with Gasteiger partial charge in [0.25, 0.3) is 5.91 Å². The number of amides is 1. The number of aryl methyl sites for hydroxylation is 1. The predicted molar refractivity (Wildman–Crippen MR) is 91.9 cm³/mol. The number of anilines is 1. The SMILES string of the molecule is CN(C(=O)c1cn(C)nn1)C1CN(c2ccc3nnc(C4CC4)n3n2)C1. The molecule has 1 amide bonds. The van der Waals surface area contributed by atoms with Gasteiger partial charge in [0.2, 0.25) is 0 Å². The molecule has 0 aromatic carbocycles. The Bertz CT molecular complexity index is 983. The number of aromatic nitrogens is 7. The molecule has 3 aromatic heterocycles. The molecule has 3 aromatic rings. The van der Waals surface area contributed by atoms with Crippen LogP contribution in [0.5, 0.6) is 0 Å². The maximum Gasteiger partial charge on any atom is 0.276 e. The smallest absolute Gasteiger partial charge is 0.276 e. The summed E-state index contributed by atoms with van der Waals surface area (Å²) in [7, 11) is 3.55. The van der Waals surface area contributed by atoms with Gasteiger partial charge in [-0.1, -0.05) is 5.21 Å². The third kappa shape index (κ3) is 2.40. The molecule has 1 aliphatic heterocycles. The van der Waals surface area contributed by atoms with Gasteiger partial charge < -0.3 is 9.80 Å². The number of carbonyl (C=O) groups excluding carboxylic acids is 1. The van der Waals surface area contributed by atoms with Crippen LogP contribution in [0, 0.1) is 0 Å². The minimum absolute atomic E-state index is 0.110. The number of hydrogen-bond donors (Lipinski definition) is 0. The summed E-state index contributed by atoms with van der Waals surface area (Å²) in [6.45, 7) is 1.48. The van der Waals surface area contributed by atoms with Crippen molar-refractivity contribution in [3.63, 3.8) is 0 Å². The molecule has 26 heavy (non-hydrogen) atoms. The number of carbonyl (C=O) groups is 1. The highest BCUT2D eigenvalue weighted by Gasteiger charge is 2.35. The Hall–Kier alpha value is -3.04. The first-order chi connectivity index (χ1) is 12.6. The fourth-order valence-corrected chi connectivity index (χ4v) is 3.24. The Balaban J connectivity index is 1.29. The Morgan fingerprint density at radius 1 is 1.19 bits per heavy atom. The van der Waals surface area contributed by atoms with E-state index in [4.69, 9.17) is 5.10 Å². The highest BCUT2D eigenvalue weighted by molar-refractivity contribution is 5.92. The number of fused-ring (bicyclic) bond motifs is 1. The number of hydrogen-bond acceptors (Lipinski definition) is 7. The third-order valence-corrected chi connectivity index (χ3v) is 5.09. The predicted octanol–water partition coefficient (Wildman–Crippen LogP) is 0.0910. The van der Waals surface area contributed by atoms with E-state index in [1.54, 1.807) is 25.2 Å². The lowest BCUT2D eigenvalue weighted by Gasteiger charge is -2.44. The fourth-order valence-electron chi connectivity index (χ4n) is 3.24. The summed E-state index contributed by atoms with van der Waals surface area (Å²) in [6.07, 6.45) is 3.96. The normalized spacial score (nSPS) is 17.5. The van der Waals surface area contributed by atoms with Gasteiger partial charge in [0.1, 0.15) is 5.82 Å². The molecule has 1 aliphatic carbocycles. The second-order valence-electron chi connectivity index (χ2n) is 7.05. The molecular formula is C16H19N9O. The molecular weight excluding hydrogens is 334 g/mol. The molecule has 2 aliphatic rings. The van der Waals surface area contributed by atoms with E-state index in [0.717, 1.165) is 43.2 Å². The first-order valence-electron chi connectivity index (χ1n) is 8.71. The summed E-state index contributed by atoms with van der Waals surface area (Å²) in [6, 6.07) is 4.04. The largest absolute Gasteiger partial charge is 0.351 e. The van der Waals surface area contributed by atoms with E-state index >= 15 is 0 Å². The van der Waals surface area contributed by atoms with Crippen LogP contribution in [0.2, 0.25) is 0 Å². The maximum absolute atomic E-state index is 12.5. The molecule has 0 atom stereocenters. The van der Waals surface area contributed by atoms with Gasteiger partial charge in [0.05, 0.1) is 12.2 Å². The van der Waals surface area contributed by atoms with E-state index in [-0.39, 0.29) is 11.9 Å². The summed E-state index contributed by atoms with van der Waals surface area (Å²) in [5.74, 6) is 2.22. The van der Waals surface area contributed by atoms with Crippen molar-refractivity contribution in [2.75, 3.05) is 25.0 Å². The zero-order chi connectivity index (χ0) is 17.8. The topological polar surface area (TPSA) is 97.3 Å². The van der Waals surface area contributed by atoms with Crippen molar-refractivity contribution in [2.24, 2.45) is 7.05 Å². The molecule has 5 rings (SSSR count). The fraction of sp³-hybridized carbons (Fsp3) is 0.500. The number of rotatable bonds is 4. The van der Waals surface area contributed by atoms with Crippen LogP contribution in [0.3, 0.4) is 0 Å². The average molecular weight is 353 g/mol. The van der Waals surface area contributed by atoms with Crippen LogP contribution in [0.25, 0.3) is 5.65 Å². The third-order valence-electron chi connectivity index (χ3n) is 5.09. The van der Waals surface area contributed by atoms with E-state index in [9.17, 15) is 4.79 Å². The summed E-state index contributed by atoms with van der Waals surface area (Å²) >= 11 is 0. The molecule has 0 N–H and O–H groups in total. The van der Waals surface area contributed by atoms with Crippen molar-refractivity contribution in [1.29, 1.82) is 0 Å². The van der Waals surface area contributed by atoms with Crippen LogP contribution < -0.4 is 4.90 Å². The maximum atomic E-state index is 12.5. The molecule has 4 heterocycles. The molecule has 1 saturated heterocycles. The molecule has 10 nitrogen and oxygen atoms in total. The molecule has 0 unspecified atom stereocenters. The van der Waals surface area contributed by atoms with Crippen LogP contribution in [-0.4, -0.2) is 71.8 Å². The molecule has 0 spiro atoms. The Morgan fingerprint density at radius 3 is 2.69 bits per heavy atom. The van der Waals surface area contributed by atoms with Gasteiger partial charge in [-0.15, -0.1) is 20.4 Å². The lowest BCUT2D eigenvalue weighted by Crippen LogP contribution is -2.60. The van der Waals surface area contributed by atoms with Crippen LogP contribution in [0.15, 0.2) is 18.3 Å². The lowest BCUT2D eigenvalue weighted by molar-refractivity contribution is 0.0699. The molecule has 0 bridgehead atoms. The first-order valence-corrected chi connectivity index (χ1v) is 8.71. The minimum atomic E-state index is -0.110. The Kier molecular flexibility index (Phi) is 3.21. The summed E-state index contributed by atoms with van der Waals surface area (Å²) in [5.41, 5.74) is 1.15. The number of nitrogens with zero attached hydrogens (tertiary/aromatic N) is 9. The summed E-state index contributed by atoms with van der Waals surface area (Å²) in [5, 5.41) is 20.9. The van der Waals surface area contributed by atoms with Crippen LogP contribution >= 0.6 is 0 Å². The number of likely N-dealkylation sites (N-methyl/N-ethyl adjacent to an activating group) is 1. The van der Waals surface area contributed by atoms with Crippen molar-refractivity contribution < 1.29 is 4.79 Å². The summed E-state index contributed by atoms with van der Waals surface area (Å²) < 4.78 is 3.39. The zero-order valence-electron chi connectivity index (χ0n) is 14.6. The van der Waals surface area contributed by atoms with E-state index in [2.05, 4.69) is 25.4 Å². The zero-order valence-corrected chi connectivity index (χ0v) is 14.6. The Labute approximate surface area is 149 Å². The second-order valence-corrected chi connectivity index (χ2v) is 7.05. The van der Waals surface area contributed by atoms with Gasteiger partial charge >= 0.3 is 0 Å². The van der Waals surface area contributed by atoms with Gasteiger partial charge in [-0.3, -0.25) is 9.48 Å². The minimum Gasteiger partial charge on any atom is -0.351 e. The monoisotopic (exact) mass is 353 g/mol. The highest BCUT2D eigenvalue weighted by atomic mass is 16.2. The van der Waals surface area contributed by atoms with Crippen molar-refractivity contribution in [1.82, 2.24) is 39.7 Å². The molecule has 2 fully saturated rings. The van der Waals surface area contributed by atoms with Gasteiger partial charge in [-0.05, 0) is 25.0 Å². The summed E-state index contributed by atoms with van der Waals surface area (Å²) in [4.78, 5) is 16.3. The standard InChI is InChI=1S/C16H19N9O/c1-22-9-12(17-21-22)16(26)23(2)11-7-24(8-11)14-6-5-13-18-19-15(10-3-4-10)25(13)20-14/h5-6,9-11H,3-4,7-8H2,1-2H3. The highest BCUT2D eigenvalue weighted by Crippen LogP contribution is 2.38. The quantitative estimate of drug-likeness (QED) is 0.656. The molecule has 1 saturated carbocycles. The van der Waals surface area contributed by atoms with E-state index in [1.165, 1.54) is 4.68 Å². The molecule has 134 valence electrons. The van der Waals surface area contributed by atoms with Crippen molar-refractivity contribution in [2.45, 2.75) is 24.8 Å². The van der Waals surface area contributed by atoms with E-state index in [0.29, 0.717) is 11.6 Å². The van der Waals surface area contributed by atoms with E-state index < -0.39 is 0 Å². The van der Waals surface area contributed by atoms with Crippen LogP contribution in [0.1, 0.15) is 35.1 Å². The molecule has 10 heteroatoms. The van der Waals surface area contributed by atoms with Crippen LogP contribution in [-0.2, 0) is 7.05 Å². The Morgan fingerprint density at radius 2 is 2.00 bits per heavy atom. The van der Waals surface area contributed by atoms with Crippen molar-refractivity contribution in [3.8, 4) is 0 Å².